The molecule has 188 valence electrons. The van der Waals surface area contributed by atoms with Crippen LogP contribution in [-0.4, -0.2) is 31.1 Å². The van der Waals surface area contributed by atoms with Crippen LogP contribution in [0.3, 0.4) is 0 Å². The molecule has 0 aliphatic rings. The number of nitrogens with zero attached hydrogens (tertiary/aromatic N) is 1. The second-order valence-electron chi connectivity index (χ2n) is 9.90. The van der Waals surface area contributed by atoms with Gasteiger partial charge in [0, 0.05) is 5.56 Å². The Morgan fingerprint density at radius 2 is 1.21 bits per heavy atom. The Balaban J connectivity index is 0.000000437. The van der Waals surface area contributed by atoms with Gasteiger partial charge in [0.05, 0.1) is 26.6 Å². The number of carbonyl (C=O) groups excluding carboxylic acids is 1. The lowest BCUT2D eigenvalue weighted by molar-refractivity contribution is -0.903. The number of quaternary nitrogens is 1. The Bertz CT molecular complexity index is 769. The third-order valence-electron chi connectivity index (χ3n) is 6.03. The zero-order chi connectivity index (χ0) is 24.9. The van der Waals surface area contributed by atoms with Crippen LogP contribution in [0.1, 0.15) is 88.7 Å². The Labute approximate surface area is 209 Å². The predicted molar refractivity (Wildman–Crippen MR) is 144 cm³/mol. The molecule has 0 saturated heterocycles. The minimum atomic E-state index is -1.17. The van der Waals surface area contributed by atoms with Crippen LogP contribution in [0.2, 0.25) is 0 Å². The molecular weight excluding hydrogens is 418 g/mol. The van der Waals surface area contributed by atoms with Crippen LogP contribution in [0.4, 0.5) is 0 Å². The zero-order valence-corrected chi connectivity index (χ0v) is 21.9. The van der Waals surface area contributed by atoms with E-state index in [9.17, 15) is 9.90 Å². The van der Waals surface area contributed by atoms with E-state index >= 15 is 0 Å². The van der Waals surface area contributed by atoms with E-state index in [-0.39, 0.29) is 0 Å². The fourth-order valence-electron chi connectivity index (χ4n) is 4.09. The molecule has 2 aromatic rings. The number of carboxylic acid groups (broad SMARTS) is 1. The van der Waals surface area contributed by atoms with Crippen molar-refractivity contribution in [2.24, 2.45) is 0 Å². The number of carbonyl (C=O) groups is 1. The molecule has 0 amide bonds. The molecule has 0 atom stereocenters. The molecular formula is C31H47NO2. The minimum absolute atomic E-state index is 0.858. The molecule has 0 saturated carbocycles. The van der Waals surface area contributed by atoms with Crippen LogP contribution < -0.4 is 5.11 Å². The molecule has 0 bridgehead atoms. The lowest BCUT2D eigenvalue weighted by Crippen LogP contribution is -2.39. The summed E-state index contributed by atoms with van der Waals surface area (Å²) in [6, 6.07) is 20.1. The van der Waals surface area contributed by atoms with E-state index in [1.54, 1.807) is 0 Å². The lowest BCUT2D eigenvalue weighted by atomic mass is 10.1. The van der Waals surface area contributed by atoms with Gasteiger partial charge in [-0.25, -0.2) is 0 Å². The summed E-state index contributed by atoms with van der Waals surface area (Å²) in [5.74, 6) is -1.17. The van der Waals surface area contributed by atoms with E-state index in [1.165, 1.54) is 88.8 Å². The van der Waals surface area contributed by atoms with Gasteiger partial charge < -0.3 is 14.4 Å². The number of unbranched alkanes of at least 4 members (excludes halogenated alkanes) is 10. The van der Waals surface area contributed by atoms with E-state index in [2.05, 4.69) is 51.4 Å². The SMILES string of the molecule is CCCCCCCCCCCCC[N+](C)(C)Cc1ccccc1.O=C([O-])/C=C/c1ccccc1. The number of carboxylic acids is 1. The summed E-state index contributed by atoms with van der Waals surface area (Å²) in [6.45, 7) is 4.74. The van der Waals surface area contributed by atoms with Crippen LogP contribution in [0.5, 0.6) is 0 Å². The fraction of sp³-hybridized carbons (Fsp3) is 0.516. The van der Waals surface area contributed by atoms with E-state index < -0.39 is 5.97 Å². The molecule has 0 heterocycles. The quantitative estimate of drug-likeness (QED) is 0.152. The summed E-state index contributed by atoms with van der Waals surface area (Å²) >= 11 is 0. The van der Waals surface area contributed by atoms with Crippen molar-refractivity contribution in [2.45, 2.75) is 84.1 Å². The lowest BCUT2D eigenvalue weighted by Gasteiger charge is -2.30. The first-order valence-corrected chi connectivity index (χ1v) is 13.2. The maximum atomic E-state index is 9.97. The van der Waals surface area contributed by atoms with Crippen LogP contribution in [0, 0.1) is 0 Å². The smallest absolute Gasteiger partial charge is 0.104 e. The van der Waals surface area contributed by atoms with Crippen molar-refractivity contribution < 1.29 is 14.4 Å². The van der Waals surface area contributed by atoms with E-state index in [0.29, 0.717) is 0 Å². The minimum Gasteiger partial charge on any atom is -0.545 e. The predicted octanol–water partition coefficient (Wildman–Crippen LogP) is 7.02. The number of hydrogen-bond donors (Lipinski definition) is 0. The third-order valence-corrected chi connectivity index (χ3v) is 6.03. The molecule has 0 N–H and O–H groups in total. The average Bonchev–Trinajstić information content (AvgIpc) is 2.82. The summed E-state index contributed by atoms with van der Waals surface area (Å²) in [5.41, 5.74) is 2.32. The Morgan fingerprint density at radius 3 is 1.71 bits per heavy atom. The van der Waals surface area contributed by atoms with Gasteiger partial charge in [-0.15, -0.1) is 0 Å². The second-order valence-corrected chi connectivity index (χ2v) is 9.90. The van der Waals surface area contributed by atoms with Crippen LogP contribution in [-0.2, 0) is 11.3 Å². The third kappa shape index (κ3) is 17.1. The molecule has 0 aliphatic carbocycles. The van der Waals surface area contributed by atoms with Gasteiger partial charge in [-0.05, 0) is 24.5 Å². The normalized spacial score (nSPS) is 11.3. The molecule has 0 fully saturated rings. The summed E-state index contributed by atoms with van der Waals surface area (Å²) in [4.78, 5) is 9.97. The van der Waals surface area contributed by atoms with Crippen molar-refractivity contribution in [3.8, 4) is 0 Å². The van der Waals surface area contributed by atoms with Crippen molar-refractivity contribution in [1.82, 2.24) is 0 Å². The van der Waals surface area contributed by atoms with Gasteiger partial charge in [-0.1, -0.05) is 131 Å². The highest BCUT2D eigenvalue weighted by atomic mass is 16.4. The highest BCUT2D eigenvalue weighted by Gasteiger charge is 2.14. The molecule has 3 nitrogen and oxygen atoms in total. The second kappa shape index (κ2) is 19.0. The van der Waals surface area contributed by atoms with Crippen molar-refractivity contribution in [1.29, 1.82) is 0 Å². The molecule has 0 aromatic heterocycles. The van der Waals surface area contributed by atoms with Gasteiger partial charge in [0.25, 0.3) is 0 Å². The molecule has 2 rings (SSSR count). The average molecular weight is 466 g/mol. The van der Waals surface area contributed by atoms with Gasteiger partial charge >= 0.3 is 0 Å². The standard InChI is InChI=1S/C22H40N.C9H8O2/c1-4-5-6-7-8-9-10-11-12-13-17-20-23(2,3)21-22-18-15-14-16-19-22;10-9(11)7-6-8-4-2-1-3-5-8/h14-16,18-19H,4-13,17,20-21H2,1-3H3;1-7H,(H,10,11)/q+1;/p-1/b;7-6+. The number of rotatable bonds is 16. The maximum absolute atomic E-state index is 9.97. The van der Waals surface area contributed by atoms with Crippen molar-refractivity contribution in [2.75, 3.05) is 20.6 Å². The molecule has 0 radical (unpaired) electrons. The van der Waals surface area contributed by atoms with Crippen LogP contribution in [0.15, 0.2) is 66.7 Å². The van der Waals surface area contributed by atoms with Crippen molar-refractivity contribution in [3.63, 3.8) is 0 Å². The topological polar surface area (TPSA) is 40.1 Å². The highest BCUT2D eigenvalue weighted by Crippen LogP contribution is 2.14. The summed E-state index contributed by atoms with van der Waals surface area (Å²) in [6.07, 6.45) is 18.2. The Kier molecular flexibility index (Phi) is 16.5. The molecule has 3 heteroatoms. The largest absolute Gasteiger partial charge is 0.545 e. The molecule has 0 aliphatic heterocycles. The summed E-state index contributed by atoms with van der Waals surface area (Å²) in [5, 5.41) is 9.97. The fourth-order valence-corrected chi connectivity index (χ4v) is 4.09. The number of aliphatic carboxylic acids is 1. The summed E-state index contributed by atoms with van der Waals surface area (Å²) in [7, 11) is 4.73. The number of benzene rings is 2. The van der Waals surface area contributed by atoms with Crippen LogP contribution in [0.25, 0.3) is 6.08 Å². The highest BCUT2D eigenvalue weighted by molar-refractivity contribution is 5.83. The number of hydrogen-bond acceptors (Lipinski definition) is 2. The van der Waals surface area contributed by atoms with Gasteiger partial charge in [0.1, 0.15) is 6.54 Å². The first kappa shape index (κ1) is 29.6. The van der Waals surface area contributed by atoms with Crippen LogP contribution >= 0.6 is 0 Å². The van der Waals surface area contributed by atoms with Gasteiger partial charge in [0.2, 0.25) is 0 Å². The van der Waals surface area contributed by atoms with E-state index in [0.717, 1.165) is 22.7 Å². The Morgan fingerprint density at radius 1 is 0.735 bits per heavy atom. The Hall–Kier alpha value is -2.39. The van der Waals surface area contributed by atoms with Gasteiger partial charge in [-0.3, -0.25) is 0 Å². The molecule has 0 unspecified atom stereocenters. The van der Waals surface area contributed by atoms with Gasteiger partial charge in [-0.2, -0.15) is 0 Å². The first-order chi connectivity index (χ1) is 16.4. The molecule has 0 spiro atoms. The molecule has 34 heavy (non-hydrogen) atoms. The zero-order valence-electron chi connectivity index (χ0n) is 21.9. The summed E-state index contributed by atoms with van der Waals surface area (Å²) < 4.78 is 1.11. The van der Waals surface area contributed by atoms with E-state index in [1.807, 2.05) is 30.3 Å². The van der Waals surface area contributed by atoms with Crippen molar-refractivity contribution >= 4 is 12.0 Å². The van der Waals surface area contributed by atoms with Crippen molar-refractivity contribution in [3.05, 3.63) is 77.9 Å². The molecule has 2 aromatic carbocycles. The van der Waals surface area contributed by atoms with E-state index in [4.69, 9.17) is 0 Å². The van der Waals surface area contributed by atoms with Gasteiger partial charge in [0.15, 0.2) is 0 Å². The first-order valence-electron chi connectivity index (χ1n) is 13.2. The maximum Gasteiger partial charge on any atom is 0.104 e. The monoisotopic (exact) mass is 465 g/mol.